The third-order valence-corrected chi connectivity index (χ3v) is 5.06. The van der Waals surface area contributed by atoms with Gasteiger partial charge in [-0.2, -0.15) is 0 Å². The molecule has 2 aromatic rings. The molecule has 1 aliphatic heterocycles. The number of aryl methyl sites for hydroxylation is 1. The van der Waals surface area contributed by atoms with Crippen molar-refractivity contribution in [2.24, 2.45) is 5.92 Å². The first-order chi connectivity index (χ1) is 11.2. The summed E-state index contributed by atoms with van der Waals surface area (Å²) in [5, 5.41) is 0. The van der Waals surface area contributed by atoms with Gasteiger partial charge in [-0.1, -0.05) is 19.3 Å². The van der Waals surface area contributed by atoms with E-state index >= 15 is 0 Å². The Bertz CT molecular complexity index is 720. The monoisotopic (exact) mass is 314 g/mol. The van der Waals surface area contributed by atoms with Crippen molar-refractivity contribution in [2.45, 2.75) is 38.6 Å². The third kappa shape index (κ3) is 2.85. The number of nitrogens with zero attached hydrogens (tertiary/aromatic N) is 2. The fourth-order valence-electron chi connectivity index (χ4n) is 3.57. The standard InChI is InChI=1S/C18H22N2O3/c1-12-19-16-10-14(5-6-17(16)23-12)18(21)20-7-8-22-11-15(20)9-13-3-2-4-13/h5-6,10,13,15H,2-4,7-9,11H2,1H3/t15-/m0/s1. The summed E-state index contributed by atoms with van der Waals surface area (Å²) in [5.74, 6) is 1.47. The predicted molar refractivity (Wildman–Crippen MR) is 86.3 cm³/mol. The van der Waals surface area contributed by atoms with Crippen molar-refractivity contribution < 1.29 is 13.9 Å². The summed E-state index contributed by atoms with van der Waals surface area (Å²) in [6, 6.07) is 5.72. The first-order valence-corrected chi connectivity index (χ1v) is 8.46. The molecule has 2 heterocycles. The van der Waals surface area contributed by atoms with Crippen LogP contribution in [-0.2, 0) is 4.74 Å². The SMILES string of the molecule is Cc1nc2cc(C(=O)N3CCOC[C@@H]3CC3CCC3)ccc2o1. The van der Waals surface area contributed by atoms with Crippen LogP contribution >= 0.6 is 0 Å². The van der Waals surface area contributed by atoms with E-state index in [9.17, 15) is 4.79 Å². The second-order valence-corrected chi connectivity index (χ2v) is 6.68. The fourth-order valence-corrected chi connectivity index (χ4v) is 3.57. The quantitative estimate of drug-likeness (QED) is 0.873. The van der Waals surface area contributed by atoms with Gasteiger partial charge in [0.25, 0.3) is 5.91 Å². The van der Waals surface area contributed by atoms with Crippen LogP contribution < -0.4 is 0 Å². The molecule has 1 aliphatic carbocycles. The van der Waals surface area contributed by atoms with Crippen LogP contribution in [0.5, 0.6) is 0 Å². The molecule has 0 spiro atoms. The zero-order valence-electron chi connectivity index (χ0n) is 13.5. The number of carbonyl (C=O) groups is 1. The van der Waals surface area contributed by atoms with E-state index in [1.54, 1.807) is 0 Å². The molecule has 1 atom stereocenters. The van der Waals surface area contributed by atoms with Gasteiger partial charge in [-0.15, -0.1) is 0 Å². The Morgan fingerprint density at radius 3 is 3.04 bits per heavy atom. The van der Waals surface area contributed by atoms with Crippen molar-refractivity contribution in [1.82, 2.24) is 9.88 Å². The van der Waals surface area contributed by atoms with Crippen LogP contribution in [-0.4, -0.2) is 41.6 Å². The maximum absolute atomic E-state index is 13.0. The Morgan fingerprint density at radius 2 is 2.26 bits per heavy atom. The molecule has 5 heteroatoms. The van der Waals surface area contributed by atoms with E-state index in [0.717, 1.165) is 23.4 Å². The van der Waals surface area contributed by atoms with Crippen LogP contribution in [0.3, 0.4) is 0 Å². The second-order valence-electron chi connectivity index (χ2n) is 6.68. The fraction of sp³-hybridized carbons (Fsp3) is 0.556. The minimum atomic E-state index is 0.0835. The lowest BCUT2D eigenvalue weighted by atomic mass is 9.80. The number of oxazole rings is 1. The average Bonchev–Trinajstić information content (AvgIpc) is 2.89. The van der Waals surface area contributed by atoms with Crippen LogP contribution in [0, 0.1) is 12.8 Å². The van der Waals surface area contributed by atoms with Crippen molar-refractivity contribution in [2.75, 3.05) is 19.8 Å². The lowest BCUT2D eigenvalue weighted by molar-refractivity contribution is -0.0124. The Balaban J connectivity index is 1.56. The number of fused-ring (bicyclic) bond motifs is 1. The topological polar surface area (TPSA) is 55.6 Å². The highest BCUT2D eigenvalue weighted by Crippen LogP contribution is 2.32. The minimum absolute atomic E-state index is 0.0835. The number of ether oxygens (including phenoxy) is 1. The van der Waals surface area contributed by atoms with Gasteiger partial charge in [0.15, 0.2) is 11.5 Å². The molecular weight excluding hydrogens is 292 g/mol. The molecule has 1 aromatic carbocycles. The summed E-state index contributed by atoms with van der Waals surface area (Å²) in [4.78, 5) is 19.3. The Kier molecular flexibility index (Phi) is 3.81. The van der Waals surface area contributed by atoms with Gasteiger partial charge in [-0.25, -0.2) is 4.98 Å². The highest BCUT2D eigenvalue weighted by atomic mass is 16.5. The van der Waals surface area contributed by atoms with Crippen molar-refractivity contribution in [3.05, 3.63) is 29.7 Å². The number of carbonyl (C=O) groups excluding carboxylic acids is 1. The molecular formula is C18H22N2O3. The number of hydrogen-bond acceptors (Lipinski definition) is 4. The highest BCUT2D eigenvalue weighted by Gasteiger charge is 2.32. The van der Waals surface area contributed by atoms with Crippen LogP contribution in [0.25, 0.3) is 11.1 Å². The molecule has 1 saturated carbocycles. The number of amides is 1. The lowest BCUT2D eigenvalue weighted by Crippen LogP contribution is -2.49. The zero-order chi connectivity index (χ0) is 15.8. The molecule has 1 aromatic heterocycles. The molecule has 5 nitrogen and oxygen atoms in total. The van der Waals surface area contributed by atoms with E-state index < -0.39 is 0 Å². The number of rotatable bonds is 3. The molecule has 0 unspecified atom stereocenters. The van der Waals surface area contributed by atoms with Gasteiger partial charge < -0.3 is 14.1 Å². The first kappa shape index (κ1) is 14.7. The summed E-state index contributed by atoms with van der Waals surface area (Å²) < 4.78 is 11.1. The molecule has 0 bridgehead atoms. The minimum Gasteiger partial charge on any atom is -0.441 e. The molecule has 2 aliphatic rings. The van der Waals surface area contributed by atoms with Crippen LogP contribution in [0.2, 0.25) is 0 Å². The molecule has 23 heavy (non-hydrogen) atoms. The lowest BCUT2D eigenvalue weighted by Gasteiger charge is -2.39. The van der Waals surface area contributed by atoms with E-state index in [4.69, 9.17) is 9.15 Å². The maximum atomic E-state index is 13.0. The summed E-state index contributed by atoms with van der Waals surface area (Å²) >= 11 is 0. The van der Waals surface area contributed by atoms with E-state index in [-0.39, 0.29) is 11.9 Å². The van der Waals surface area contributed by atoms with Crippen LogP contribution in [0.1, 0.15) is 41.9 Å². The summed E-state index contributed by atoms with van der Waals surface area (Å²) in [7, 11) is 0. The summed E-state index contributed by atoms with van der Waals surface area (Å²) in [5.41, 5.74) is 2.16. The van der Waals surface area contributed by atoms with Gasteiger partial charge in [0.05, 0.1) is 19.3 Å². The Morgan fingerprint density at radius 1 is 1.39 bits per heavy atom. The number of benzene rings is 1. The third-order valence-electron chi connectivity index (χ3n) is 5.06. The van der Waals surface area contributed by atoms with E-state index in [2.05, 4.69) is 4.98 Å². The van der Waals surface area contributed by atoms with Gasteiger partial charge in [-0.05, 0) is 30.5 Å². The summed E-state index contributed by atoms with van der Waals surface area (Å²) in [6.45, 7) is 3.77. The van der Waals surface area contributed by atoms with E-state index in [1.165, 1.54) is 19.3 Å². The normalized spacial score (nSPS) is 22.3. The van der Waals surface area contributed by atoms with Gasteiger partial charge >= 0.3 is 0 Å². The van der Waals surface area contributed by atoms with Crippen LogP contribution in [0.4, 0.5) is 0 Å². The van der Waals surface area contributed by atoms with Crippen molar-refractivity contribution in [1.29, 1.82) is 0 Å². The van der Waals surface area contributed by atoms with Crippen molar-refractivity contribution >= 4 is 17.0 Å². The predicted octanol–water partition coefficient (Wildman–Crippen LogP) is 3.17. The molecule has 0 radical (unpaired) electrons. The molecule has 1 saturated heterocycles. The zero-order valence-corrected chi connectivity index (χ0v) is 13.5. The summed E-state index contributed by atoms with van der Waals surface area (Å²) in [6.07, 6.45) is 4.98. The van der Waals surface area contributed by atoms with E-state index in [1.807, 2.05) is 30.0 Å². The molecule has 4 rings (SSSR count). The first-order valence-electron chi connectivity index (χ1n) is 8.46. The van der Waals surface area contributed by atoms with Gasteiger partial charge in [-0.3, -0.25) is 4.79 Å². The molecule has 122 valence electrons. The van der Waals surface area contributed by atoms with Gasteiger partial charge in [0.2, 0.25) is 0 Å². The molecule has 1 amide bonds. The second kappa shape index (κ2) is 5.96. The smallest absolute Gasteiger partial charge is 0.254 e. The van der Waals surface area contributed by atoms with Gasteiger partial charge in [0.1, 0.15) is 5.52 Å². The van der Waals surface area contributed by atoms with Gasteiger partial charge in [0, 0.05) is 19.0 Å². The highest BCUT2D eigenvalue weighted by molar-refractivity contribution is 5.97. The van der Waals surface area contributed by atoms with Crippen molar-refractivity contribution in [3.63, 3.8) is 0 Å². The average molecular weight is 314 g/mol. The Labute approximate surface area is 135 Å². The number of hydrogen-bond donors (Lipinski definition) is 0. The maximum Gasteiger partial charge on any atom is 0.254 e. The number of morpholine rings is 1. The largest absolute Gasteiger partial charge is 0.441 e. The van der Waals surface area contributed by atoms with E-state index in [0.29, 0.717) is 31.2 Å². The van der Waals surface area contributed by atoms with Crippen molar-refractivity contribution in [3.8, 4) is 0 Å². The van der Waals surface area contributed by atoms with Crippen LogP contribution in [0.15, 0.2) is 22.6 Å². The number of aromatic nitrogens is 1. The Hall–Kier alpha value is -1.88. The molecule has 2 fully saturated rings. The molecule has 0 N–H and O–H groups in total.